The van der Waals surface area contributed by atoms with Gasteiger partial charge in [-0.25, -0.2) is 8.42 Å². The van der Waals surface area contributed by atoms with Gasteiger partial charge in [0.25, 0.3) is 15.9 Å². The van der Waals surface area contributed by atoms with E-state index >= 15 is 0 Å². The molecule has 0 atom stereocenters. The lowest BCUT2D eigenvalue weighted by Gasteiger charge is -2.21. The van der Waals surface area contributed by atoms with Crippen molar-refractivity contribution in [3.05, 3.63) is 77.9 Å². The summed E-state index contributed by atoms with van der Waals surface area (Å²) in [7, 11) is -3.80. The van der Waals surface area contributed by atoms with Crippen molar-refractivity contribution in [3.8, 4) is 17.2 Å². The molecule has 0 saturated heterocycles. The number of para-hydroxylation sites is 1. The molecule has 3 aromatic carbocycles. The van der Waals surface area contributed by atoms with Gasteiger partial charge in [0.1, 0.15) is 19.0 Å². The molecule has 9 heteroatoms. The minimum absolute atomic E-state index is 0.0515. The predicted molar refractivity (Wildman–Crippen MR) is 123 cm³/mol. The molecule has 0 fully saturated rings. The Kier molecular flexibility index (Phi) is 6.69. The van der Waals surface area contributed by atoms with Gasteiger partial charge < -0.3 is 19.5 Å². The Balaban J connectivity index is 1.39. The highest BCUT2D eigenvalue weighted by Gasteiger charge is 2.18. The van der Waals surface area contributed by atoms with E-state index < -0.39 is 10.0 Å². The van der Waals surface area contributed by atoms with Crippen molar-refractivity contribution < 1.29 is 27.4 Å². The summed E-state index contributed by atoms with van der Waals surface area (Å²) in [6.45, 7) is 3.61. The van der Waals surface area contributed by atoms with Crippen LogP contribution in [0.25, 0.3) is 0 Å². The first kappa shape index (κ1) is 22.5. The monoisotopic (exact) mass is 468 g/mol. The summed E-state index contributed by atoms with van der Waals surface area (Å²) in [4.78, 5) is 12.6. The van der Waals surface area contributed by atoms with Crippen molar-refractivity contribution in [3.63, 3.8) is 0 Å². The Morgan fingerprint density at radius 3 is 2.42 bits per heavy atom. The highest BCUT2D eigenvalue weighted by Crippen LogP contribution is 2.33. The van der Waals surface area contributed by atoms with E-state index in [0.29, 0.717) is 48.3 Å². The summed E-state index contributed by atoms with van der Waals surface area (Å²) in [5.74, 6) is 1.62. The van der Waals surface area contributed by atoms with Gasteiger partial charge in [0.15, 0.2) is 11.5 Å². The summed E-state index contributed by atoms with van der Waals surface area (Å²) < 4.78 is 44.4. The fourth-order valence-electron chi connectivity index (χ4n) is 3.34. The molecule has 2 N–H and O–H groups in total. The second kappa shape index (κ2) is 9.83. The highest BCUT2D eigenvalue weighted by atomic mass is 32.2. The average molecular weight is 469 g/mol. The fourth-order valence-corrected chi connectivity index (χ4v) is 4.39. The minimum atomic E-state index is -3.80. The molecular formula is C24H24N2O6S. The number of carbonyl (C=O) groups is 1. The lowest BCUT2D eigenvalue weighted by molar-refractivity contribution is 0.0949. The molecule has 0 unspecified atom stereocenters. The number of benzene rings is 3. The Hall–Kier alpha value is -3.72. The van der Waals surface area contributed by atoms with Crippen LogP contribution in [0.2, 0.25) is 0 Å². The van der Waals surface area contributed by atoms with E-state index in [0.717, 1.165) is 5.56 Å². The van der Waals surface area contributed by atoms with Crippen LogP contribution in [0, 0.1) is 0 Å². The van der Waals surface area contributed by atoms with E-state index in [1.165, 1.54) is 24.3 Å². The second-order valence-electron chi connectivity index (χ2n) is 7.21. The van der Waals surface area contributed by atoms with Gasteiger partial charge in [0.05, 0.1) is 11.5 Å². The van der Waals surface area contributed by atoms with Gasteiger partial charge in [-0.3, -0.25) is 9.52 Å². The molecule has 4 rings (SSSR count). The molecule has 1 aliphatic rings. The van der Waals surface area contributed by atoms with Crippen molar-refractivity contribution in [1.82, 2.24) is 5.32 Å². The Labute approximate surface area is 192 Å². The summed E-state index contributed by atoms with van der Waals surface area (Å²) >= 11 is 0. The van der Waals surface area contributed by atoms with Crippen LogP contribution < -0.4 is 24.2 Å². The first-order chi connectivity index (χ1) is 16.0. The largest absolute Gasteiger partial charge is 0.494 e. The average Bonchev–Trinajstić information content (AvgIpc) is 2.84. The molecule has 0 bridgehead atoms. The van der Waals surface area contributed by atoms with Crippen LogP contribution in [0.4, 0.5) is 5.69 Å². The Morgan fingerprint density at radius 2 is 1.70 bits per heavy atom. The first-order valence-electron chi connectivity index (χ1n) is 10.5. The van der Waals surface area contributed by atoms with Crippen LogP contribution in [-0.4, -0.2) is 34.1 Å². The van der Waals surface area contributed by atoms with Gasteiger partial charge in [-0.05, 0) is 61.5 Å². The summed E-state index contributed by atoms with van der Waals surface area (Å²) in [5, 5.41) is 2.83. The third kappa shape index (κ3) is 5.38. The van der Waals surface area contributed by atoms with E-state index in [4.69, 9.17) is 14.2 Å². The van der Waals surface area contributed by atoms with E-state index in [1.54, 1.807) is 24.3 Å². The van der Waals surface area contributed by atoms with Crippen LogP contribution in [0.1, 0.15) is 22.8 Å². The third-order valence-electron chi connectivity index (χ3n) is 4.93. The number of carbonyl (C=O) groups excluding carboxylic acids is 1. The van der Waals surface area contributed by atoms with Crippen LogP contribution in [0.15, 0.2) is 71.6 Å². The van der Waals surface area contributed by atoms with Gasteiger partial charge in [-0.2, -0.15) is 0 Å². The van der Waals surface area contributed by atoms with Crippen molar-refractivity contribution >= 4 is 21.6 Å². The molecule has 0 aliphatic carbocycles. The normalized spacial score (nSPS) is 12.6. The molecular weight excluding hydrogens is 444 g/mol. The van der Waals surface area contributed by atoms with Gasteiger partial charge in [-0.15, -0.1) is 0 Å². The van der Waals surface area contributed by atoms with Gasteiger partial charge >= 0.3 is 0 Å². The molecule has 0 aromatic heterocycles. The van der Waals surface area contributed by atoms with Gasteiger partial charge in [0, 0.05) is 23.4 Å². The van der Waals surface area contributed by atoms with Crippen molar-refractivity contribution in [2.75, 3.05) is 24.5 Å². The molecule has 0 spiro atoms. The summed E-state index contributed by atoms with van der Waals surface area (Å²) in [5.41, 5.74) is 1.56. The molecule has 8 nitrogen and oxygen atoms in total. The number of anilines is 1. The van der Waals surface area contributed by atoms with Crippen molar-refractivity contribution in [2.45, 2.75) is 18.4 Å². The standard InChI is InChI=1S/C24H24N2O6S/c1-2-30-20-10-8-19(9-11-20)26-33(28,29)21-12-6-17(7-13-21)24(27)25-16-18-4-3-5-22-23(18)32-15-14-31-22/h3-13,26H,2,14-16H2,1H3,(H,25,27). The number of hydrogen-bond donors (Lipinski definition) is 2. The van der Waals surface area contributed by atoms with Crippen molar-refractivity contribution in [2.24, 2.45) is 0 Å². The zero-order valence-electron chi connectivity index (χ0n) is 18.0. The SMILES string of the molecule is CCOc1ccc(NS(=O)(=O)c2ccc(C(=O)NCc3cccc4c3OCCO4)cc2)cc1. The van der Waals surface area contributed by atoms with Gasteiger partial charge in [0.2, 0.25) is 0 Å². The first-order valence-corrected chi connectivity index (χ1v) is 12.0. The molecule has 3 aromatic rings. The number of hydrogen-bond acceptors (Lipinski definition) is 6. The minimum Gasteiger partial charge on any atom is -0.494 e. The highest BCUT2D eigenvalue weighted by molar-refractivity contribution is 7.92. The molecule has 1 heterocycles. The predicted octanol–water partition coefficient (Wildman–Crippen LogP) is 3.59. The van der Waals surface area contributed by atoms with E-state index in [2.05, 4.69) is 10.0 Å². The summed E-state index contributed by atoms with van der Waals surface area (Å²) in [6.07, 6.45) is 0. The number of ether oxygens (including phenoxy) is 3. The molecule has 0 saturated carbocycles. The van der Waals surface area contributed by atoms with E-state index in [-0.39, 0.29) is 17.3 Å². The van der Waals surface area contributed by atoms with Crippen LogP contribution >= 0.6 is 0 Å². The molecule has 0 radical (unpaired) electrons. The van der Waals surface area contributed by atoms with Crippen LogP contribution in [0.3, 0.4) is 0 Å². The maximum atomic E-state index is 12.7. The number of fused-ring (bicyclic) bond motifs is 1. The summed E-state index contributed by atoms with van der Waals surface area (Å²) in [6, 6.07) is 17.9. The fraction of sp³-hybridized carbons (Fsp3) is 0.208. The Bertz CT molecular complexity index is 1220. The lowest BCUT2D eigenvalue weighted by atomic mass is 10.1. The second-order valence-corrected chi connectivity index (χ2v) is 8.89. The maximum Gasteiger partial charge on any atom is 0.261 e. The Morgan fingerprint density at radius 1 is 0.970 bits per heavy atom. The molecule has 33 heavy (non-hydrogen) atoms. The van der Waals surface area contributed by atoms with Crippen LogP contribution in [0.5, 0.6) is 17.2 Å². The number of amides is 1. The molecule has 172 valence electrons. The number of rotatable bonds is 8. The number of sulfonamides is 1. The zero-order chi connectivity index (χ0) is 23.3. The van der Waals surface area contributed by atoms with E-state index in [1.807, 2.05) is 25.1 Å². The lowest BCUT2D eigenvalue weighted by Crippen LogP contribution is -2.24. The third-order valence-corrected chi connectivity index (χ3v) is 6.33. The van der Waals surface area contributed by atoms with Crippen molar-refractivity contribution in [1.29, 1.82) is 0 Å². The maximum absolute atomic E-state index is 12.7. The smallest absolute Gasteiger partial charge is 0.261 e. The van der Waals surface area contributed by atoms with Crippen LogP contribution in [-0.2, 0) is 16.6 Å². The molecule has 1 amide bonds. The topological polar surface area (TPSA) is 103 Å². The zero-order valence-corrected chi connectivity index (χ0v) is 18.9. The van der Waals surface area contributed by atoms with Gasteiger partial charge in [-0.1, -0.05) is 12.1 Å². The quantitative estimate of drug-likeness (QED) is 0.524. The van der Waals surface area contributed by atoms with E-state index in [9.17, 15) is 13.2 Å². The molecule has 1 aliphatic heterocycles. The number of nitrogens with one attached hydrogen (secondary N) is 2.